The third-order valence-corrected chi connectivity index (χ3v) is 4.24. The van der Waals surface area contributed by atoms with Gasteiger partial charge >= 0.3 is 0 Å². The largest absolute Gasteiger partial charge is 0.242 e. The second-order valence-corrected chi connectivity index (χ2v) is 7.56. The third kappa shape index (κ3) is 4.27. The van der Waals surface area contributed by atoms with Crippen molar-refractivity contribution in [2.45, 2.75) is 31.6 Å². The van der Waals surface area contributed by atoms with E-state index in [1.54, 1.807) is 0 Å². The minimum atomic E-state index is -1.18. The average molecular weight is 314 g/mol. The van der Waals surface area contributed by atoms with Gasteiger partial charge in [-0.25, -0.2) is 8.93 Å². The van der Waals surface area contributed by atoms with Crippen LogP contribution in [0.15, 0.2) is 28.7 Å². The predicted molar refractivity (Wildman–Crippen MR) is 76.7 cm³/mol. The van der Waals surface area contributed by atoms with Gasteiger partial charge in [-0.2, -0.15) is 0 Å². The molecule has 0 aliphatic heterocycles. The second-order valence-electron chi connectivity index (χ2n) is 4.65. The molecule has 0 heterocycles. The Hall–Kier alpha value is -0.630. The Bertz CT molecular complexity index is 442. The Labute approximate surface area is 114 Å². The van der Waals surface area contributed by atoms with Gasteiger partial charge in [0.15, 0.2) is 0 Å². The Morgan fingerprint density at radius 2 is 1.88 bits per heavy atom. The summed E-state index contributed by atoms with van der Waals surface area (Å²) in [4.78, 5) is 0. The van der Waals surface area contributed by atoms with Crippen LogP contribution in [0.3, 0.4) is 0 Å². The fourth-order valence-corrected chi connectivity index (χ4v) is 2.17. The summed E-state index contributed by atoms with van der Waals surface area (Å²) in [6.07, 6.45) is 5.48. The van der Waals surface area contributed by atoms with Gasteiger partial charge in [0.05, 0.1) is 15.7 Å². The van der Waals surface area contributed by atoms with Gasteiger partial charge in [0.2, 0.25) is 0 Å². The number of hydrogen-bond acceptors (Lipinski definition) is 1. The quantitative estimate of drug-likeness (QED) is 0.853. The zero-order valence-electron chi connectivity index (χ0n) is 10.2. The Kier molecular flexibility index (Phi) is 4.93. The molecule has 2 unspecified atom stereocenters. The number of terminal acetylenes is 1. The molecule has 0 saturated carbocycles. The van der Waals surface area contributed by atoms with Crippen LogP contribution in [0.5, 0.6) is 0 Å². The molecular formula is C13H16BrNOS. The molecule has 0 bridgehead atoms. The van der Waals surface area contributed by atoms with E-state index in [1.807, 2.05) is 45.0 Å². The molecule has 0 spiro atoms. The highest BCUT2D eigenvalue weighted by Crippen LogP contribution is 2.19. The van der Waals surface area contributed by atoms with E-state index >= 15 is 0 Å². The lowest BCUT2D eigenvalue weighted by atomic mass is 10.1. The number of halogens is 1. The van der Waals surface area contributed by atoms with E-state index in [0.717, 1.165) is 10.0 Å². The Morgan fingerprint density at radius 1 is 1.35 bits per heavy atom. The molecule has 2 nitrogen and oxygen atoms in total. The number of hydrogen-bond donors (Lipinski definition) is 1. The minimum Gasteiger partial charge on any atom is -0.242 e. The maximum Gasteiger partial charge on any atom is 0.105 e. The van der Waals surface area contributed by atoms with Gasteiger partial charge in [-0.15, -0.1) is 6.42 Å². The predicted octanol–water partition coefficient (Wildman–Crippen LogP) is 3.18. The van der Waals surface area contributed by atoms with Crippen molar-refractivity contribution >= 4 is 26.9 Å². The zero-order chi connectivity index (χ0) is 13.1. The molecule has 1 N–H and O–H groups in total. The normalized spacial score (nSPS) is 15.0. The molecule has 1 rings (SSSR count). The van der Waals surface area contributed by atoms with Crippen LogP contribution in [0.1, 0.15) is 32.4 Å². The van der Waals surface area contributed by atoms with Gasteiger partial charge in [-0.3, -0.25) is 0 Å². The van der Waals surface area contributed by atoms with Crippen LogP contribution in [0.25, 0.3) is 0 Å². The first kappa shape index (κ1) is 14.4. The Balaban J connectivity index is 2.84. The topological polar surface area (TPSA) is 29.1 Å². The first-order valence-corrected chi connectivity index (χ1v) is 7.18. The highest BCUT2D eigenvalue weighted by Gasteiger charge is 2.22. The smallest absolute Gasteiger partial charge is 0.105 e. The van der Waals surface area contributed by atoms with Crippen LogP contribution in [-0.4, -0.2) is 8.96 Å². The maximum atomic E-state index is 12.0. The van der Waals surface area contributed by atoms with Gasteiger partial charge in [0.25, 0.3) is 0 Å². The average Bonchev–Trinajstić information content (AvgIpc) is 2.25. The molecule has 0 fully saturated rings. The molecule has 1 aromatic carbocycles. The van der Waals surface area contributed by atoms with E-state index in [9.17, 15) is 4.21 Å². The first-order chi connectivity index (χ1) is 7.84. The summed E-state index contributed by atoms with van der Waals surface area (Å²) in [5.41, 5.74) is 0.938. The standard InChI is InChI=1S/C13H16BrNOS/c1-5-12(15-17(16)13(2,3)4)10-6-8-11(14)9-7-10/h1,6-9,12,15H,2-4H3. The van der Waals surface area contributed by atoms with E-state index in [-0.39, 0.29) is 10.8 Å². The zero-order valence-corrected chi connectivity index (χ0v) is 12.6. The Morgan fingerprint density at radius 3 is 2.29 bits per heavy atom. The number of benzene rings is 1. The first-order valence-electron chi connectivity index (χ1n) is 5.24. The summed E-state index contributed by atoms with van der Waals surface area (Å²) in [5, 5.41) is 0. The lowest BCUT2D eigenvalue weighted by Gasteiger charge is -2.21. The van der Waals surface area contributed by atoms with E-state index in [4.69, 9.17) is 6.42 Å². The van der Waals surface area contributed by atoms with E-state index in [2.05, 4.69) is 26.6 Å². The highest BCUT2D eigenvalue weighted by molar-refractivity contribution is 9.10. The van der Waals surface area contributed by atoms with Gasteiger partial charge in [0, 0.05) is 4.47 Å². The summed E-state index contributed by atoms with van der Waals surface area (Å²) in [5.74, 6) is 2.62. The maximum absolute atomic E-state index is 12.0. The molecule has 17 heavy (non-hydrogen) atoms. The third-order valence-electron chi connectivity index (χ3n) is 2.15. The summed E-state index contributed by atoms with van der Waals surface area (Å²) in [7, 11) is -1.18. The van der Waals surface area contributed by atoms with Crippen LogP contribution in [0, 0.1) is 12.3 Å². The summed E-state index contributed by atoms with van der Waals surface area (Å²) in [6, 6.07) is 7.34. The van der Waals surface area contributed by atoms with Crippen molar-refractivity contribution in [2.75, 3.05) is 0 Å². The van der Waals surface area contributed by atoms with Gasteiger partial charge in [-0.1, -0.05) is 34.0 Å². The van der Waals surface area contributed by atoms with Crippen LogP contribution < -0.4 is 4.72 Å². The molecule has 0 amide bonds. The van der Waals surface area contributed by atoms with Crippen molar-refractivity contribution in [3.05, 3.63) is 34.3 Å². The van der Waals surface area contributed by atoms with E-state index < -0.39 is 11.0 Å². The SMILES string of the molecule is C#CC(NS(=O)C(C)(C)C)c1ccc(Br)cc1. The number of nitrogens with one attached hydrogen (secondary N) is 1. The minimum absolute atomic E-state index is 0.329. The molecular weight excluding hydrogens is 298 g/mol. The van der Waals surface area contributed by atoms with Crippen molar-refractivity contribution in [1.82, 2.24) is 4.72 Å². The van der Waals surface area contributed by atoms with Crippen LogP contribution in [-0.2, 0) is 11.0 Å². The summed E-state index contributed by atoms with van der Waals surface area (Å²) in [6.45, 7) is 5.72. The lowest BCUT2D eigenvalue weighted by molar-refractivity contribution is 0.629. The highest BCUT2D eigenvalue weighted by atomic mass is 79.9. The molecule has 1 aromatic rings. The molecule has 2 atom stereocenters. The van der Waals surface area contributed by atoms with Crippen LogP contribution >= 0.6 is 15.9 Å². The molecule has 0 radical (unpaired) electrons. The molecule has 0 aromatic heterocycles. The van der Waals surface area contributed by atoms with Crippen molar-refractivity contribution in [1.29, 1.82) is 0 Å². The molecule has 0 aliphatic rings. The van der Waals surface area contributed by atoms with Gasteiger partial charge in [-0.05, 0) is 38.5 Å². The molecule has 4 heteroatoms. The lowest BCUT2D eigenvalue weighted by Crippen LogP contribution is -2.35. The second kappa shape index (κ2) is 5.81. The van der Waals surface area contributed by atoms with Crippen molar-refractivity contribution < 1.29 is 4.21 Å². The van der Waals surface area contributed by atoms with Crippen molar-refractivity contribution in [2.24, 2.45) is 0 Å². The van der Waals surface area contributed by atoms with Gasteiger partial charge in [0.1, 0.15) is 6.04 Å². The van der Waals surface area contributed by atoms with Crippen LogP contribution in [0.2, 0.25) is 0 Å². The molecule has 0 saturated heterocycles. The van der Waals surface area contributed by atoms with E-state index in [1.165, 1.54) is 0 Å². The molecule has 0 aliphatic carbocycles. The number of rotatable bonds is 3. The monoisotopic (exact) mass is 313 g/mol. The van der Waals surface area contributed by atoms with E-state index in [0.29, 0.717) is 0 Å². The van der Waals surface area contributed by atoms with Crippen molar-refractivity contribution in [3.8, 4) is 12.3 Å². The fraction of sp³-hybridized carbons (Fsp3) is 0.385. The van der Waals surface area contributed by atoms with Crippen molar-refractivity contribution in [3.63, 3.8) is 0 Å². The van der Waals surface area contributed by atoms with Crippen LogP contribution in [0.4, 0.5) is 0 Å². The summed E-state index contributed by atoms with van der Waals surface area (Å²) >= 11 is 3.37. The van der Waals surface area contributed by atoms with Gasteiger partial charge < -0.3 is 0 Å². The molecule has 92 valence electrons. The summed E-state index contributed by atoms with van der Waals surface area (Å²) < 4.78 is 15.6. The fourth-order valence-electron chi connectivity index (χ4n) is 1.14.